The molecule has 2 aliphatic rings. The number of fused-ring (bicyclic) bond motifs is 1. The first-order valence-corrected chi connectivity index (χ1v) is 15.2. The highest BCUT2D eigenvalue weighted by molar-refractivity contribution is 8.04. The third kappa shape index (κ3) is 7.09. The van der Waals surface area contributed by atoms with Crippen LogP contribution in [0, 0.1) is 0 Å². The molecular weight excluding hydrogens is 592 g/mol. The van der Waals surface area contributed by atoms with Gasteiger partial charge in [0.2, 0.25) is 0 Å². The highest BCUT2D eigenvalue weighted by Crippen LogP contribution is 2.37. The number of benzene rings is 3. The Morgan fingerprint density at radius 1 is 1.04 bits per heavy atom. The van der Waals surface area contributed by atoms with Crippen molar-refractivity contribution in [2.24, 2.45) is 0 Å². The Balaban J connectivity index is 1.14. The molecule has 0 unspecified atom stereocenters. The number of ether oxygens (including phenoxy) is 3. The van der Waals surface area contributed by atoms with E-state index >= 15 is 0 Å². The Hall–Kier alpha value is -4.91. The molecule has 4 aromatic rings. The van der Waals surface area contributed by atoms with E-state index in [9.17, 15) is 9.59 Å². The second-order valence-electron chi connectivity index (χ2n) is 10.3. The summed E-state index contributed by atoms with van der Waals surface area (Å²) in [6.07, 6.45) is 1.38. The first-order valence-electron chi connectivity index (χ1n) is 14.4. The molecule has 0 spiro atoms. The number of hydrogen-bond acceptors (Lipinski definition) is 9. The van der Waals surface area contributed by atoms with Gasteiger partial charge in [0, 0.05) is 42.5 Å². The Morgan fingerprint density at radius 2 is 1.80 bits per heavy atom. The maximum Gasteiger partial charge on any atom is 0.327 e. The van der Waals surface area contributed by atoms with Crippen LogP contribution in [-0.2, 0) is 22.6 Å². The zero-order chi connectivity index (χ0) is 31.2. The van der Waals surface area contributed by atoms with Gasteiger partial charge in [0.1, 0.15) is 28.6 Å². The minimum Gasteiger partial charge on any atom is -0.496 e. The standard InChI is InChI=1S/C33H32N6O5S/c1-22(31(40)37-24-9-8-23(29(18-24)42-2)20-38-14-16-43-17-15-38)45-32-28-19-34-33(41)39(30(28)35-21-36-32)25-10-12-27(13-11-25)44-26-6-4-3-5-7-26/h3-13,18,21H,1,14-17,19-20H2,2H3,(H,34,41)(H,37,40). The van der Waals surface area contributed by atoms with Gasteiger partial charge in [-0.05, 0) is 42.5 Å². The SMILES string of the molecule is C=C(Sc1ncnc2c1CNC(=O)N2c1ccc(Oc2ccccc2)cc1)C(=O)Nc1ccc(CN2CCOCC2)c(OC)c1. The van der Waals surface area contributed by atoms with Gasteiger partial charge < -0.3 is 24.8 Å². The van der Waals surface area contributed by atoms with Crippen LogP contribution in [0.25, 0.3) is 0 Å². The number of hydrogen-bond donors (Lipinski definition) is 2. The van der Waals surface area contributed by atoms with Gasteiger partial charge in [-0.25, -0.2) is 19.7 Å². The normalized spacial score (nSPS) is 14.7. The second kappa shape index (κ2) is 13.8. The van der Waals surface area contributed by atoms with Crippen molar-refractivity contribution < 1.29 is 23.8 Å². The summed E-state index contributed by atoms with van der Waals surface area (Å²) in [5.41, 5.74) is 2.90. The highest BCUT2D eigenvalue weighted by Gasteiger charge is 2.30. The van der Waals surface area contributed by atoms with Crippen LogP contribution in [0.1, 0.15) is 11.1 Å². The fourth-order valence-corrected chi connectivity index (χ4v) is 5.77. The smallest absolute Gasteiger partial charge is 0.327 e. The van der Waals surface area contributed by atoms with E-state index in [4.69, 9.17) is 14.2 Å². The minimum atomic E-state index is -0.374. The number of urea groups is 1. The van der Waals surface area contributed by atoms with Crippen LogP contribution in [-0.4, -0.2) is 60.2 Å². The summed E-state index contributed by atoms with van der Waals surface area (Å²) in [7, 11) is 1.62. The van der Waals surface area contributed by atoms with Gasteiger partial charge in [0.25, 0.3) is 5.91 Å². The summed E-state index contributed by atoms with van der Waals surface area (Å²) in [6.45, 7) is 8.10. The number of nitrogens with one attached hydrogen (secondary N) is 2. The van der Waals surface area contributed by atoms with Crippen molar-refractivity contribution in [3.8, 4) is 17.2 Å². The average Bonchev–Trinajstić information content (AvgIpc) is 3.07. The number of carbonyl (C=O) groups is 2. The molecule has 45 heavy (non-hydrogen) atoms. The fraction of sp³-hybridized carbons (Fsp3) is 0.212. The number of carbonyl (C=O) groups excluding carboxylic acids is 2. The molecule has 3 amide bonds. The lowest BCUT2D eigenvalue weighted by Crippen LogP contribution is -2.42. The number of amides is 3. The maximum atomic E-state index is 13.2. The number of anilines is 3. The Labute approximate surface area is 265 Å². The molecule has 3 aromatic carbocycles. The molecule has 11 nitrogen and oxygen atoms in total. The van der Waals surface area contributed by atoms with E-state index in [-0.39, 0.29) is 23.4 Å². The molecule has 0 bridgehead atoms. The van der Waals surface area contributed by atoms with Gasteiger partial charge in [0.05, 0.1) is 37.5 Å². The van der Waals surface area contributed by atoms with Crippen LogP contribution in [0.3, 0.4) is 0 Å². The third-order valence-electron chi connectivity index (χ3n) is 7.30. The number of thioether (sulfide) groups is 1. The van der Waals surface area contributed by atoms with Crippen LogP contribution >= 0.6 is 11.8 Å². The first kappa shape index (κ1) is 30.1. The van der Waals surface area contributed by atoms with Crippen molar-refractivity contribution in [3.05, 3.63) is 102 Å². The quantitative estimate of drug-likeness (QED) is 0.130. The molecule has 12 heteroatoms. The third-order valence-corrected chi connectivity index (χ3v) is 8.28. The molecule has 0 atom stereocenters. The van der Waals surface area contributed by atoms with Gasteiger partial charge in [0.15, 0.2) is 5.82 Å². The van der Waals surface area contributed by atoms with E-state index in [0.29, 0.717) is 58.2 Å². The van der Waals surface area contributed by atoms with Crippen LogP contribution in [0.15, 0.2) is 95.6 Å². The van der Waals surface area contributed by atoms with E-state index in [1.807, 2.05) is 48.5 Å². The minimum absolute atomic E-state index is 0.208. The molecule has 2 N–H and O–H groups in total. The molecule has 0 aliphatic carbocycles. The average molecular weight is 625 g/mol. The van der Waals surface area contributed by atoms with Crippen LogP contribution < -0.4 is 25.0 Å². The predicted octanol–water partition coefficient (Wildman–Crippen LogP) is 5.72. The molecule has 6 rings (SSSR count). The van der Waals surface area contributed by atoms with Gasteiger partial charge >= 0.3 is 6.03 Å². The molecular formula is C33H32N6O5S. The lowest BCUT2D eigenvalue weighted by molar-refractivity contribution is -0.112. The van der Waals surface area contributed by atoms with Gasteiger partial charge in [-0.3, -0.25) is 9.69 Å². The first-order chi connectivity index (χ1) is 22.0. The molecule has 3 heterocycles. The highest BCUT2D eigenvalue weighted by atomic mass is 32.2. The van der Waals surface area contributed by atoms with Gasteiger partial charge in [-0.2, -0.15) is 0 Å². The number of methoxy groups -OCH3 is 1. The number of rotatable bonds is 10. The molecule has 0 radical (unpaired) electrons. The van der Waals surface area contributed by atoms with Crippen LogP contribution in [0.2, 0.25) is 0 Å². The van der Waals surface area contributed by atoms with E-state index in [0.717, 1.165) is 37.0 Å². The summed E-state index contributed by atoms with van der Waals surface area (Å²) in [4.78, 5) is 39.0. The molecule has 0 saturated carbocycles. The molecule has 1 saturated heterocycles. The van der Waals surface area contributed by atoms with Crippen molar-refractivity contribution in [1.29, 1.82) is 0 Å². The molecule has 2 aliphatic heterocycles. The summed E-state index contributed by atoms with van der Waals surface area (Å²) >= 11 is 1.12. The lowest BCUT2D eigenvalue weighted by Gasteiger charge is -2.29. The number of aromatic nitrogens is 2. The van der Waals surface area contributed by atoms with E-state index in [1.54, 1.807) is 31.4 Å². The number of para-hydroxylation sites is 1. The zero-order valence-electron chi connectivity index (χ0n) is 24.7. The Bertz CT molecular complexity index is 1700. The predicted molar refractivity (Wildman–Crippen MR) is 172 cm³/mol. The van der Waals surface area contributed by atoms with Crippen molar-refractivity contribution >= 4 is 40.9 Å². The van der Waals surface area contributed by atoms with Crippen molar-refractivity contribution in [2.75, 3.05) is 43.6 Å². The largest absolute Gasteiger partial charge is 0.496 e. The summed E-state index contributed by atoms with van der Waals surface area (Å²) in [5.74, 6) is 2.10. The Morgan fingerprint density at radius 3 is 2.56 bits per heavy atom. The Kier molecular flexibility index (Phi) is 9.24. The fourth-order valence-electron chi connectivity index (χ4n) is 5.01. The summed E-state index contributed by atoms with van der Waals surface area (Å²) < 4.78 is 16.9. The molecule has 1 fully saturated rings. The molecule has 1 aromatic heterocycles. The monoisotopic (exact) mass is 624 g/mol. The van der Waals surface area contributed by atoms with Crippen LogP contribution in [0.4, 0.5) is 22.0 Å². The van der Waals surface area contributed by atoms with Crippen molar-refractivity contribution in [3.63, 3.8) is 0 Å². The lowest BCUT2D eigenvalue weighted by atomic mass is 10.1. The van der Waals surface area contributed by atoms with E-state index in [2.05, 4.69) is 32.1 Å². The molecule has 230 valence electrons. The zero-order valence-corrected chi connectivity index (χ0v) is 25.5. The van der Waals surface area contributed by atoms with Crippen molar-refractivity contribution in [2.45, 2.75) is 18.1 Å². The van der Waals surface area contributed by atoms with Crippen LogP contribution in [0.5, 0.6) is 17.2 Å². The maximum absolute atomic E-state index is 13.2. The summed E-state index contributed by atoms with van der Waals surface area (Å²) in [6, 6.07) is 21.9. The number of nitrogens with zero attached hydrogens (tertiary/aromatic N) is 4. The second-order valence-corrected chi connectivity index (χ2v) is 11.4. The number of morpholine rings is 1. The summed E-state index contributed by atoms with van der Waals surface area (Å²) in [5, 5.41) is 6.30. The van der Waals surface area contributed by atoms with E-state index < -0.39 is 0 Å². The van der Waals surface area contributed by atoms with Gasteiger partial charge in [-0.1, -0.05) is 42.6 Å². The van der Waals surface area contributed by atoms with Gasteiger partial charge in [-0.15, -0.1) is 0 Å². The topological polar surface area (TPSA) is 118 Å². The van der Waals surface area contributed by atoms with Crippen molar-refractivity contribution in [1.82, 2.24) is 20.2 Å². The van der Waals surface area contributed by atoms with E-state index in [1.165, 1.54) is 11.2 Å².